The quantitative estimate of drug-likeness (QED) is 0.656. The number of rotatable bonds is 4. The van der Waals surface area contributed by atoms with Crippen LogP contribution in [0.1, 0.15) is 64.1 Å². The van der Waals surface area contributed by atoms with Crippen LogP contribution in [0.4, 0.5) is 0 Å². The van der Waals surface area contributed by atoms with Gasteiger partial charge in [-0.15, -0.1) is 0 Å². The molecule has 4 heterocycles. The molecule has 2 aliphatic heterocycles. The van der Waals surface area contributed by atoms with Crippen molar-refractivity contribution in [2.75, 3.05) is 19.6 Å². The molecule has 5 rings (SSSR count). The Bertz CT molecular complexity index is 1220. The molecule has 0 amide bonds. The molecule has 1 saturated heterocycles. The Morgan fingerprint density at radius 1 is 1.23 bits per heavy atom. The number of benzene rings is 1. The van der Waals surface area contributed by atoms with Gasteiger partial charge in [-0.05, 0) is 76.7 Å². The molecule has 6 nitrogen and oxygen atoms in total. The van der Waals surface area contributed by atoms with Gasteiger partial charge in [0.2, 0.25) is 0 Å². The van der Waals surface area contributed by atoms with Gasteiger partial charge in [0.05, 0.1) is 5.69 Å². The summed E-state index contributed by atoms with van der Waals surface area (Å²) in [5.74, 6) is 0.969. The molecule has 6 heteroatoms. The summed E-state index contributed by atoms with van der Waals surface area (Å²) in [6, 6.07) is 6.20. The smallest absolute Gasteiger partial charge is 0.256 e. The van der Waals surface area contributed by atoms with Crippen LogP contribution in [0.3, 0.4) is 0 Å². The lowest BCUT2D eigenvalue weighted by atomic mass is 9.91. The third-order valence-electron chi connectivity index (χ3n) is 6.68. The van der Waals surface area contributed by atoms with Gasteiger partial charge in [0.1, 0.15) is 5.82 Å². The van der Waals surface area contributed by atoms with E-state index in [4.69, 9.17) is 8.64 Å². The van der Waals surface area contributed by atoms with Gasteiger partial charge in [-0.1, -0.05) is 11.2 Å². The Morgan fingerprint density at radius 3 is 2.93 bits per heavy atom. The van der Waals surface area contributed by atoms with E-state index in [0.29, 0.717) is 43.2 Å². The molecule has 0 spiro atoms. The van der Waals surface area contributed by atoms with E-state index in [1.54, 1.807) is 4.57 Å². The molecule has 0 radical (unpaired) electrons. The summed E-state index contributed by atoms with van der Waals surface area (Å²) >= 11 is 0. The molecule has 0 saturated carbocycles. The highest BCUT2D eigenvalue weighted by molar-refractivity contribution is 5.80. The maximum Gasteiger partial charge on any atom is 0.256 e. The first kappa shape index (κ1) is 16.3. The molecule has 2 aromatic heterocycles. The summed E-state index contributed by atoms with van der Waals surface area (Å²) in [4.78, 5) is 19.9. The molecule has 0 N–H and O–H groups in total. The van der Waals surface area contributed by atoms with Crippen LogP contribution in [0.2, 0.25) is 0 Å². The molecule has 3 aromatic rings. The van der Waals surface area contributed by atoms with Crippen LogP contribution >= 0.6 is 0 Å². The van der Waals surface area contributed by atoms with E-state index in [0.717, 1.165) is 61.0 Å². The van der Waals surface area contributed by atoms with Crippen molar-refractivity contribution >= 4 is 11.0 Å². The average Bonchev–Trinajstić information content (AvgIpc) is 3.21. The number of hydrogen-bond donors (Lipinski definition) is 0. The van der Waals surface area contributed by atoms with Crippen LogP contribution < -0.4 is 5.56 Å². The lowest BCUT2D eigenvalue weighted by molar-refractivity contribution is 0.211. The van der Waals surface area contributed by atoms with Crippen molar-refractivity contribution in [1.29, 1.82) is 0 Å². The molecular formula is C24H30N4O2. The lowest BCUT2D eigenvalue weighted by Crippen LogP contribution is -2.37. The second kappa shape index (κ2) is 7.99. The van der Waals surface area contributed by atoms with Crippen molar-refractivity contribution < 1.29 is 8.64 Å². The van der Waals surface area contributed by atoms with Gasteiger partial charge in [-0.3, -0.25) is 9.36 Å². The number of piperidine rings is 1. The van der Waals surface area contributed by atoms with Gasteiger partial charge in [0.15, 0.2) is 5.58 Å². The first-order valence-electron chi connectivity index (χ1n) is 12.5. The highest BCUT2D eigenvalue weighted by Gasteiger charge is 2.25. The van der Waals surface area contributed by atoms with Gasteiger partial charge in [0, 0.05) is 46.2 Å². The fraction of sp³-hybridized carbons (Fsp3) is 0.542. The number of hydrogen-bond acceptors (Lipinski definition) is 5. The maximum atomic E-state index is 13.1. The Labute approximate surface area is 181 Å². The first-order valence-corrected chi connectivity index (χ1v) is 11.0. The topological polar surface area (TPSA) is 64.2 Å². The average molecular weight is 410 g/mol. The second-order valence-electron chi connectivity index (χ2n) is 8.70. The van der Waals surface area contributed by atoms with Crippen LogP contribution in [0.5, 0.6) is 0 Å². The molecule has 0 bridgehead atoms. The Hall–Kier alpha value is -2.47. The van der Waals surface area contributed by atoms with Gasteiger partial charge < -0.3 is 9.42 Å². The minimum atomic E-state index is -2.37. The van der Waals surface area contributed by atoms with Crippen molar-refractivity contribution in [2.24, 2.45) is 0 Å². The molecule has 2 aliphatic rings. The van der Waals surface area contributed by atoms with E-state index in [1.165, 1.54) is 0 Å². The third-order valence-corrected chi connectivity index (χ3v) is 6.68. The van der Waals surface area contributed by atoms with Crippen molar-refractivity contribution in [3.05, 3.63) is 56.9 Å². The minimum absolute atomic E-state index is 0.0000960. The minimum Gasteiger partial charge on any atom is -0.356 e. The normalized spacial score (nSPS) is 20.0. The number of likely N-dealkylation sites (tertiary alicyclic amines) is 1. The van der Waals surface area contributed by atoms with Crippen LogP contribution in [0.15, 0.2) is 27.5 Å². The summed E-state index contributed by atoms with van der Waals surface area (Å²) in [6.45, 7) is 2.72. The van der Waals surface area contributed by atoms with Gasteiger partial charge in [-0.25, -0.2) is 4.98 Å². The zero-order valence-electron chi connectivity index (χ0n) is 20.5. The van der Waals surface area contributed by atoms with Crippen molar-refractivity contribution in [3.8, 4) is 0 Å². The highest BCUT2D eigenvalue weighted by Crippen LogP contribution is 2.32. The van der Waals surface area contributed by atoms with E-state index in [9.17, 15) is 4.79 Å². The summed E-state index contributed by atoms with van der Waals surface area (Å²) < 4.78 is 31.0. The van der Waals surface area contributed by atoms with Crippen LogP contribution in [0, 0.1) is 13.8 Å². The molecule has 1 fully saturated rings. The number of nitrogens with zero attached hydrogens (tertiary/aromatic N) is 4. The van der Waals surface area contributed by atoms with Gasteiger partial charge in [0.25, 0.3) is 5.56 Å². The van der Waals surface area contributed by atoms with E-state index in [1.807, 2.05) is 13.0 Å². The van der Waals surface area contributed by atoms with Crippen molar-refractivity contribution in [3.63, 3.8) is 0 Å². The molecule has 1 aromatic carbocycles. The summed E-state index contributed by atoms with van der Waals surface area (Å²) in [7, 11) is 0. The van der Waals surface area contributed by atoms with Gasteiger partial charge in [-0.2, -0.15) is 0 Å². The van der Waals surface area contributed by atoms with E-state index < -0.39 is 6.85 Å². The SMILES string of the molecule is [2H]C([2H])([2H])c1nc2n(c(=O)c1CCN1CCC(c3noc4cc(C)ccc34)CC1)CCCC2. The van der Waals surface area contributed by atoms with Gasteiger partial charge >= 0.3 is 0 Å². The van der Waals surface area contributed by atoms with E-state index in [2.05, 4.69) is 27.2 Å². The zero-order valence-corrected chi connectivity index (χ0v) is 17.5. The Morgan fingerprint density at radius 2 is 2.10 bits per heavy atom. The fourth-order valence-corrected chi connectivity index (χ4v) is 4.90. The molecule has 30 heavy (non-hydrogen) atoms. The Kier molecular flexibility index (Phi) is 4.33. The second-order valence-corrected chi connectivity index (χ2v) is 8.70. The van der Waals surface area contributed by atoms with Crippen LogP contribution in [-0.2, 0) is 19.4 Å². The monoisotopic (exact) mass is 409 g/mol. The third kappa shape index (κ3) is 3.58. The number of fused-ring (bicyclic) bond motifs is 2. The maximum absolute atomic E-state index is 13.1. The Balaban J connectivity index is 1.29. The molecule has 0 unspecified atom stereocenters. The van der Waals surface area contributed by atoms with Crippen LogP contribution in [-0.4, -0.2) is 39.2 Å². The lowest BCUT2D eigenvalue weighted by Gasteiger charge is -2.31. The largest absolute Gasteiger partial charge is 0.356 e. The number of aryl methyl sites for hydroxylation is 3. The fourth-order valence-electron chi connectivity index (χ4n) is 4.90. The molecular weight excluding hydrogens is 376 g/mol. The standard InChI is InChI=1S/C24H30N4O2/c1-16-6-7-20-21(15-16)30-26-23(20)18-8-12-27(13-9-18)14-10-19-17(2)25-22-5-3-4-11-28(22)24(19)29/h6-7,15,18H,3-5,8-14H2,1-2H3/i2D3. The predicted molar refractivity (Wildman–Crippen MR) is 117 cm³/mol. The first-order chi connectivity index (χ1) is 15.8. The van der Waals surface area contributed by atoms with Crippen molar-refractivity contribution in [2.45, 2.75) is 64.8 Å². The summed E-state index contributed by atoms with van der Waals surface area (Å²) in [6.07, 6.45) is 4.89. The summed E-state index contributed by atoms with van der Waals surface area (Å²) in [5.41, 5.74) is 3.23. The molecule has 158 valence electrons. The summed E-state index contributed by atoms with van der Waals surface area (Å²) in [5, 5.41) is 5.45. The molecule has 0 aliphatic carbocycles. The zero-order chi connectivity index (χ0) is 23.2. The van der Waals surface area contributed by atoms with Crippen LogP contribution in [0.25, 0.3) is 11.0 Å². The van der Waals surface area contributed by atoms with E-state index in [-0.39, 0.29) is 11.3 Å². The highest BCUT2D eigenvalue weighted by atomic mass is 16.5. The van der Waals surface area contributed by atoms with Crippen molar-refractivity contribution in [1.82, 2.24) is 19.6 Å². The number of aromatic nitrogens is 3. The predicted octanol–water partition coefficient (Wildman–Crippen LogP) is 3.76. The van der Waals surface area contributed by atoms with E-state index >= 15 is 0 Å². The molecule has 0 atom stereocenters.